The molecule has 2 heterocycles. The Morgan fingerprint density at radius 2 is 1.68 bits per heavy atom. The Balaban J connectivity index is 1.44. The van der Waals surface area contributed by atoms with Gasteiger partial charge < -0.3 is 19.8 Å². The second kappa shape index (κ2) is 7.50. The van der Waals surface area contributed by atoms with Gasteiger partial charge in [-0.05, 0) is 49.2 Å². The lowest BCUT2D eigenvalue weighted by Crippen LogP contribution is -2.38. The normalized spacial score (nSPS) is 20.1. The van der Waals surface area contributed by atoms with Crippen molar-refractivity contribution >= 4 is 28.7 Å². The smallest absolute Gasteiger partial charge is 0.308 e. The summed E-state index contributed by atoms with van der Waals surface area (Å²) in [4.78, 5) is 17.6. The molecule has 1 N–H and O–H groups in total. The van der Waals surface area contributed by atoms with E-state index in [1.54, 1.807) is 0 Å². The first kappa shape index (κ1) is 18.3. The summed E-state index contributed by atoms with van der Waals surface area (Å²) < 4.78 is 0. The van der Waals surface area contributed by atoms with E-state index in [1.165, 1.54) is 0 Å². The van der Waals surface area contributed by atoms with Gasteiger partial charge in [0.2, 0.25) is 6.29 Å². The van der Waals surface area contributed by atoms with Crippen LogP contribution in [0.1, 0.15) is 12.8 Å². The number of anilines is 3. The van der Waals surface area contributed by atoms with Crippen molar-refractivity contribution in [1.29, 1.82) is 0 Å². The molecule has 2 aromatic carbocycles. The number of carbonyl (C=O) groups is 1. The zero-order valence-corrected chi connectivity index (χ0v) is 16.2. The van der Waals surface area contributed by atoms with Crippen LogP contribution >= 0.6 is 0 Å². The molecule has 0 saturated carbocycles. The number of azo groups is 1. The third kappa shape index (κ3) is 3.40. The van der Waals surface area contributed by atoms with E-state index in [0.29, 0.717) is 6.54 Å². The molecule has 28 heavy (non-hydrogen) atoms. The molecule has 2 aromatic rings. The summed E-state index contributed by atoms with van der Waals surface area (Å²) in [5.41, 5.74) is 4.10. The molecule has 0 aliphatic carbocycles. The van der Waals surface area contributed by atoms with Crippen molar-refractivity contribution in [1.82, 2.24) is 0 Å². The van der Waals surface area contributed by atoms with Gasteiger partial charge in [-0.3, -0.25) is 4.79 Å². The van der Waals surface area contributed by atoms with Gasteiger partial charge in [-0.15, -0.1) is 5.11 Å². The van der Waals surface area contributed by atoms with E-state index in [4.69, 9.17) is 0 Å². The minimum atomic E-state index is -0.707. The molecule has 0 bridgehead atoms. The Morgan fingerprint density at radius 3 is 2.29 bits per heavy atom. The lowest BCUT2D eigenvalue weighted by molar-refractivity contribution is -0.141. The lowest BCUT2D eigenvalue weighted by atomic mass is 9.98. The zero-order chi connectivity index (χ0) is 19.7. The predicted molar refractivity (Wildman–Crippen MR) is 111 cm³/mol. The first-order valence-electron chi connectivity index (χ1n) is 9.58. The number of rotatable bonds is 4. The molecule has 2 aliphatic rings. The average molecular weight is 379 g/mol. The highest BCUT2D eigenvalue weighted by atomic mass is 16.4. The number of hydrogen-bond acceptors (Lipinski definition) is 6. The number of benzene rings is 2. The molecule has 146 valence electrons. The van der Waals surface area contributed by atoms with Crippen molar-refractivity contribution in [3.8, 4) is 0 Å². The second-order valence-electron chi connectivity index (χ2n) is 7.41. The van der Waals surface area contributed by atoms with Crippen molar-refractivity contribution in [2.75, 3.05) is 41.9 Å². The fraction of sp³-hybridized carbons (Fsp3) is 0.381. The van der Waals surface area contributed by atoms with Gasteiger partial charge >= 0.3 is 5.97 Å². The van der Waals surface area contributed by atoms with Crippen LogP contribution in [0.5, 0.6) is 0 Å². The van der Waals surface area contributed by atoms with Crippen LogP contribution in [0, 0.1) is 5.92 Å². The quantitative estimate of drug-likeness (QED) is 0.815. The van der Waals surface area contributed by atoms with E-state index in [-0.39, 0.29) is 12.2 Å². The van der Waals surface area contributed by atoms with Gasteiger partial charge in [-0.25, -0.2) is 0 Å². The molecule has 1 unspecified atom stereocenters. The molecule has 0 aromatic heterocycles. The molecule has 0 radical (unpaired) electrons. The monoisotopic (exact) mass is 379 g/mol. The maximum absolute atomic E-state index is 11.3. The SMILES string of the molecule is CN1c2ccccc2N(C)C1N=Nc1ccc(N2CCCC(C(=O)O)C2)cc1. The molecule has 1 atom stereocenters. The molecular formula is C21H25N5O2. The van der Waals surface area contributed by atoms with E-state index in [1.807, 2.05) is 50.5 Å². The summed E-state index contributed by atoms with van der Waals surface area (Å²) in [7, 11) is 4.04. The van der Waals surface area contributed by atoms with Crippen molar-refractivity contribution in [2.24, 2.45) is 16.1 Å². The van der Waals surface area contributed by atoms with Gasteiger partial charge in [0.1, 0.15) is 0 Å². The number of hydrogen-bond donors (Lipinski definition) is 1. The van der Waals surface area contributed by atoms with Gasteiger partial charge in [0.05, 0.1) is 23.0 Å². The number of carboxylic acids is 1. The summed E-state index contributed by atoms with van der Waals surface area (Å²) in [6, 6.07) is 16.1. The first-order valence-corrected chi connectivity index (χ1v) is 9.58. The maximum atomic E-state index is 11.3. The van der Waals surface area contributed by atoms with Crippen LogP contribution in [0.3, 0.4) is 0 Å². The topological polar surface area (TPSA) is 71.7 Å². The lowest BCUT2D eigenvalue weighted by Gasteiger charge is -2.32. The fourth-order valence-corrected chi connectivity index (χ4v) is 3.99. The predicted octanol–water partition coefficient (Wildman–Crippen LogP) is 3.94. The Labute approximate surface area is 164 Å². The largest absolute Gasteiger partial charge is 0.481 e. The van der Waals surface area contributed by atoms with Crippen LogP contribution in [-0.4, -0.2) is 44.6 Å². The highest BCUT2D eigenvalue weighted by molar-refractivity contribution is 5.76. The van der Waals surface area contributed by atoms with Crippen molar-refractivity contribution in [3.63, 3.8) is 0 Å². The summed E-state index contributed by atoms with van der Waals surface area (Å²) >= 11 is 0. The van der Waals surface area contributed by atoms with Crippen molar-refractivity contribution in [2.45, 2.75) is 19.1 Å². The van der Waals surface area contributed by atoms with Gasteiger partial charge in [0.25, 0.3) is 0 Å². The summed E-state index contributed by atoms with van der Waals surface area (Å²) in [6.45, 7) is 1.45. The van der Waals surface area contributed by atoms with E-state index in [0.717, 1.165) is 42.1 Å². The van der Waals surface area contributed by atoms with Crippen LogP contribution in [0.25, 0.3) is 0 Å². The van der Waals surface area contributed by atoms with E-state index in [9.17, 15) is 9.90 Å². The molecule has 7 nitrogen and oxygen atoms in total. The number of fused-ring (bicyclic) bond motifs is 1. The molecule has 1 fully saturated rings. The summed E-state index contributed by atoms with van der Waals surface area (Å²) in [5.74, 6) is -0.996. The Kier molecular flexibility index (Phi) is 4.90. The number of carboxylic acid groups (broad SMARTS) is 1. The molecular weight excluding hydrogens is 354 g/mol. The molecule has 1 saturated heterocycles. The van der Waals surface area contributed by atoms with Crippen LogP contribution in [-0.2, 0) is 4.79 Å². The van der Waals surface area contributed by atoms with Gasteiger partial charge in [-0.1, -0.05) is 12.1 Å². The Bertz CT molecular complexity index is 854. The Hall–Kier alpha value is -3.09. The third-order valence-corrected chi connectivity index (χ3v) is 5.60. The maximum Gasteiger partial charge on any atom is 0.308 e. The standard InChI is InChI=1S/C21H25N5O2/c1-24-18-7-3-4-8-19(18)25(2)21(24)23-22-16-9-11-17(12-10-16)26-13-5-6-15(14-26)20(27)28/h3-4,7-12,15,21H,5-6,13-14H2,1-2H3,(H,27,28). The van der Waals surface area contributed by atoms with E-state index < -0.39 is 5.97 Å². The van der Waals surface area contributed by atoms with Crippen molar-refractivity contribution < 1.29 is 9.90 Å². The van der Waals surface area contributed by atoms with Gasteiger partial charge in [0, 0.05) is 32.9 Å². The minimum absolute atomic E-state index is 0.171. The van der Waals surface area contributed by atoms with Gasteiger partial charge in [0.15, 0.2) is 0 Å². The number of aliphatic carboxylic acids is 1. The van der Waals surface area contributed by atoms with Crippen LogP contribution in [0.15, 0.2) is 58.8 Å². The molecule has 7 heteroatoms. The fourth-order valence-electron chi connectivity index (χ4n) is 3.99. The average Bonchev–Trinajstić information content (AvgIpc) is 2.97. The zero-order valence-electron chi connectivity index (χ0n) is 16.2. The van der Waals surface area contributed by atoms with E-state index >= 15 is 0 Å². The summed E-state index contributed by atoms with van der Waals surface area (Å²) in [6.07, 6.45) is 1.48. The minimum Gasteiger partial charge on any atom is -0.481 e. The molecule has 0 amide bonds. The number of para-hydroxylation sites is 2. The summed E-state index contributed by atoms with van der Waals surface area (Å²) in [5, 5.41) is 18.2. The van der Waals surface area contributed by atoms with Crippen molar-refractivity contribution in [3.05, 3.63) is 48.5 Å². The Morgan fingerprint density at radius 1 is 1.04 bits per heavy atom. The first-order chi connectivity index (χ1) is 13.5. The van der Waals surface area contributed by atoms with Gasteiger partial charge in [-0.2, -0.15) is 5.11 Å². The third-order valence-electron chi connectivity index (χ3n) is 5.60. The number of nitrogens with zero attached hydrogens (tertiary/aromatic N) is 5. The highest BCUT2D eigenvalue weighted by Gasteiger charge is 2.30. The van der Waals surface area contributed by atoms with Crippen LogP contribution < -0.4 is 14.7 Å². The molecule has 4 rings (SSSR count). The molecule has 0 spiro atoms. The second-order valence-corrected chi connectivity index (χ2v) is 7.41. The van der Waals surface area contributed by atoms with Crippen LogP contribution in [0.2, 0.25) is 0 Å². The highest BCUT2D eigenvalue weighted by Crippen LogP contribution is 2.38. The van der Waals surface area contributed by atoms with E-state index in [2.05, 4.69) is 37.1 Å². The molecule has 2 aliphatic heterocycles. The van der Waals surface area contributed by atoms with Crippen LogP contribution in [0.4, 0.5) is 22.7 Å². The number of piperidine rings is 1.